The van der Waals surface area contributed by atoms with Crippen molar-refractivity contribution in [2.75, 3.05) is 43.5 Å². The highest BCUT2D eigenvalue weighted by Gasteiger charge is 2.27. The van der Waals surface area contributed by atoms with E-state index in [1.165, 1.54) is 0 Å². The van der Waals surface area contributed by atoms with Crippen LogP contribution in [0.4, 0.5) is 11.4 Å². The molecule has 0 radical (unpaired) electrons. The summed E-state index contributed by atoms with van der Waals surface area (Å²) < 4.78 is 5.20. The molecule has 3 rings (SSSR count). The SMILES string of the molecule is COc1ccc(N2CCN(C(=O)C(=O)Nc3c(C)cccc3C(C)C)CC2)cc1. The fourth-order valence-electron chi connectivity index (χ4n) is 3.61. The van der Waals surface area contributed by atoms with E-state index in [4.69, 9.17) is 4.74 Å². The molecular formula is C23H29N3O3. The molecule has 1 aliphatic rings. The van der Waals surface area contributed by atoms with Crippen LogP contribution >= 0.6 is 0 Å². The Morgan fingerprint density at radius 2 is 1.66 bits per heavy atom. The monoisotopic (exact) mass is 395 g/mol. The Bertz CT molecular complexity index is 869. The smallest absolute Gasteiger partial charge is 0.313 e. The highest BCUT2D eigenvalue weighted by molar-refractivity contribution is 6.39. The van der Waals surface area contributed by atoms with Gasteiger partial charge in [0.15, 0.2) is 0 Å². The van der Waals surface area contributed by atoms with Crippen molar-refractivity contribution in [3.63, 3.8) is 0 Å². The van der Waals surface area contributed by atoms with E-state index in [2.05, 4.69) is 24.1 Å². The first-order valence-corrected chi connectivity index (χ1v) is 9.99. The van der Waals surface area contributed by atoms with Gasteiger partial charge >= 0.3 is 11.8 Å². The van der Waals surface area contributed by atoms with Crippen LogP contribution in [0.5, 0.6) is 5.75 Å². The van der Waals surface area contributed by atoms with Gasteiger partial charge in [0.05, 0.1) is 7.11 Å². The maximum atomic E-state index is 12.7. The van der Waals surface area contributed by atoms with Crippen LogP contribution in [0.25, 0.3) is 0 Å². The first-order valence-electron chi connectivity index (χ1n) is 9.99. The van der Waals surface area contributed by atoms with Crippen molar-refractivity contribution in [3.8, 4) is 5.75 Å². The molecule has 2 aromatic carbocycles. The zero-order valence-electron chi connectivity index (χ0n) is 17.6. The predicted molar refractivity (Wildman–Crippen MR) is 116 cm³/mol. The molecule has 0 aromatic heterocycles. The second kappa shape index (κ2) is 8.99. The molecule has 1 saturated heterocycles. The third kappa shape index (κ3) is 4.70. The molecule has 6 heteroatoms. The Balaban J connectivity index is 1.61. The quantitative estimate of drug-likeness (QED) is 0.806. The van der Waals surface area contributed by atoms with Crippen molar-refractivity contribution >= 4 is 23.2 Å². The number of para-hydroxylation sites is 1. The molecule has 29 heavy (non-hydrogen) atoms. The summed E-state index contributed by atoms with van der Waals surface area (Å²) in [5.74, 6) is 0.0287. The number of amides is 2. The number of rotatable bonds is 4. The minimum atomic E-state index is -0.570. The van der Waals surface area contributed by atoms with Crippen molar-refractivity contribution in [1.82, 2.24) is 4.90 Å². The van der Waals surface area contributed by atoms with E-state index in [0.717, 1.165) is 28.3 Å². The Morgan fingerprint density at radius 3 is 2.24 bits per heavy atom. The van der Waals surface area contributed by atoms with E-state index >= 15 is 0 Å². The lowest BCUT2D eigenvalue weighted by atomic mass is 9.98. The minimum Gasteiger partial charge on any atom is -0.497 e. The fourth-order valence-corrected chi connectivity index (χ4v) is 3.61. The maximum absolute atomic E-state index is 12.7. The van der Waals surface area contributed by atoms with Gasteiger partial charge in [-0.25, -0.2) is 0 Å². The molecule has 154 valence electrons. The molecule has 2 amide bonds. The Hall–Kier alpha value is -3.02. The fraction of sp³-hybridized carbons (Fsp3) is 0.391. The van der Waals surface area contributed by atoms with E-state index in [0.29, 0.717) is 26.2 Å². The van der Waals surface area contributed by atoms with Gasteiger partial charge in [-0.15, -0.1) is 0 Å². The average molecular weight is 396 g/mol. The molecule has 0 unspecified atom stereocenters. The molecule has 1 N–H and O–H groups in total. The van der Waals surface area contributed by atoms with Crippen LogP contribution in [0.15, 0.2) is 42.5 Å². The highest BCUT2D eigenvalue weighted by Crippen LogP contribution is 2.27. The zero-order valence-corrected chi connectivity index (χ0v) is 17.6. The van der Waals surface area contributed by atoms with Gasteiger partial charge in [0, 0.05) is 37.6 Å². The van der Waals surface area contributed by atoms with Crippen molar-refractivity contribution in [1.29, 1.82) is 0 Å². The van der Waals surface area contributed by atoms with Crippen molar-refractivity contribution in [2.24, 2.45) is 0 Å². The number of benzene rings is 2. The Morgan fingerprint density at radius 1 is 1.00 bits per heavy atom. The van der Waals surface area contributed by atoms with E-state index in [1.807, 2.05) is 49.4 Å². The van der Waals surface area contributed by atoms with Gasteiger partial charge in [0.1, 0.15) is 5.75 Å². The summed E-state index contributed by atoms with van der Waals surface area (Å²) in [6, 6.07) is 13.8. The van der Waals surface area contributed by atoms with Crippen molar-refractivity contribution in [3.05, 3.63) is 53.6 Å². The van der Waals surface area contributed by atoms with Crippen LogP contribution in [0.3, 0.4) is 0 Å². The number of nitrogens with one attached hydrogen (secondary N) is 1. The predicted octanol–water partition coefficient (Wildman–Crippen LogP) is 3.41. The number of hydrogen-bond acceptors (Lipinski definition) is 4. The van der Waals surface area contributed by atoms with Gasteiger partial charge in [-0.05, 0) is 48.2 Å². The van der Waals surface area contributed by atoms with E-state index in [-0.39, 0.29) is 5.92 Å². The topological polar surface area (TPSA) is 61.9 Å². The molecule has 1 aliphatic heterocycles. The standard InChI is InChI=1S/C23H29N3O3/c1-16(2)20-7-5-6-17(3)21(20)24-22(27)23(28)26-14-12-25(13-15-26)18-8-10-19(29-4)11-9-18/h5-11,16H,12-15H2,1-4H3,(H,24,27). The first kappa shape index (κ1) is 20.7. The van der Waals surface area contributed by atoms with Crippen LogP contribution in [-0.2, 0) is 9.59 Å². The van der Waals surface area contributed by atoms with Crippen LogP contribution in [0, 0.1) is 6.92 Å². The van der Waals surface area contributed by atoms with E-state index in [9.17, 15) is 9.59 Å². The minimum absolute atomic E-state index is 0.258. The first-order chi connectivity index (χ1) is 13.9. The number of nitrogens with zero attached hydrogens (tertiary/aromatic N) is 2. The molecule has 1 heterocycles. The number of hydrogen-bond donors (Lipinski definition) is 1. The zero-order chi connectivity index (χ0) is 21.0. The number of carbonyl (C=O) groups excluding carboxylic acids is 2. The highest BCUT2D eigenvalue weighted by atomic mass is 16.5. The summed E-state index contributed by atoms with van der Waals surface area (Å²) in [6.07, 6.45) is 0. The number of ether oxygens (including phenoxy) is 1. The number of aryl methyl sites for hydroxylation is 1. The molecule has 2 aromatic rings. The van der Waals surface area contributed by atoms with Gasteiger partial charge < -0.3 is 19.9 Å². The summed E-state index contributed by atoms with van der Waals surface area (Å²) >= 11 is 0. The number of piperazine rings is 1. The maximum Gasteiger partial charge on any atom is 0.313 e. The lowest BCUT2D eigenvalue weighted by molar-refractivity contribution is -0.143. The normalized spacial score (nSPS) is 14.1. The van der Waals surface area contributed by atoms with Gasteiger partial charge in [0.2, 0.25) is 0 Å². The molecule has 6 nitrogen and oxygen atoms in total. The molecule has 0 spiro atoms. The number of carbonyl (C=O) groups is 2. The Kier molecular flexibility index (Phi) is 6.42. The van der Waals surface area contributed by atoms with Gasteiger partial charge in [-0.3, -0.25) is 9.59 Å². The van der Waals surface area contributed by atoms with Crippen LogP contribution in [0.2, 0.25) is 0 Å². The van der Waals surface area contributed by atoms with Gasteiger partial charge in [-0.1, -0.05) is 32.0 Å². The van der Waals surface area contributed by atoms with Crippen molar-refractivity contribution in [2.45, 2.75) is 26.7 Å². The number of methoxy groups -OCH3 is 1. The van der Waals surface area contributed by atoms with Crippen LogP contribution < -0.4 is 15.0 Å². The number of anilines is 2. The van der Waals surface area contributed by atoms with Gasteiger partial charge in [-0.2, -0.15) is 0 Å². The molecule has 0 aliphatic carbocycles. The summed E-state index contributed by atoms with van der Waals surface area (Å²) in [4.78, 5) is 29.2. The van der Waals surface area contributed by atoms with Gasteiger partial charge in [0.25, 0.3) is 0 Å². The lowest BCUT2D eigenvalue weighted by Gasteiger charge is -2.35. The lowest BCUT2D eigenvalue weighted by Crippen LogP contribution is -2.51. The average Bonchev–Trinajstić information content (AvgIpc) is 2.74. The summed E-state index contributed by atoms with van der Waals surface area (Å²) in [5.41, 5.74) is 3.83. The molecule has 0 bridgehead atoms. The Labute approximate surface area is 172 Å². The summed E-state index contributed by atoms with van der Waals surface area (Å²) in [7, 11) is 1.64. The van der Waals surface area contributed by atoms with Crippen molar-refractivity contribution < 1.29 is 14.3 Å². The van der Waals surface area contributed by atoms with Crippen LogP contribution in [-0.4, -0.2) is 50.0 Å². The second-order valence-electron chi connectivity index (χ2n) is 7.63. The molecule has 0 saturated carbocycles. The van der Waals surface area contributed by atoms with E-state index in [1.54, 1.807) is 12.0 Å². The summed E-state index contributed by atoms with van der Waals surface area (Å²) in [6.45, 7) is 8.50. The third-order valence-corrected chi connectivity index (χ3v) is 5.36. The largest absolute Gasteiger partial charge is 0.497 e. The molecular weight excluding hydrogens is 366 g/mol. The van der Waals surface area contributed by atoms with Crippen LogP contribution in [0.1, 0.15) is 30.9 Å². The summed E-state index contributed by atoms with van der Waals surface area (Å²) in [5, 5.41) is 2.86. The molecule has 0 atom stereocenters. The third-order valence-electron chi connectivity index (χ3n) is 5.36. The second-order valence-corrected chi connectivity index (χ2v) is 7.63. The van der Waals surface area contributed by atoms with E-state index < -0.39 is 11.8 Å². The molecule has 1 fully saturated rings.